The van der Waals surface area contributed by atoms with Crippen LogP contribution in [0.3, 0.4) is 0 Å². The number of benzene rings is 3. The summed E-state index contributed by atoms with van der Waals surface area (Å²) in [6.45, 7) is 1.20. The molecule has 0 atom stereocenters. The minimum absolute atomic E-state index is 0.138. The summed E-state index contributed by atoms with van der Waals surface area (Å²) in [7, 11) is 1.63. The summed E-state index contributed by atoms with van der Waals surface area (Å²) in [6, 6.07) is 15.4. The highest BCUT2D eigenvalue weighted by Crippen LogP contribution is 2.44. The van der Waals surface area contributed by atoms with Gasteiger partial charge in [-0.25, -0.2) is 4.98 Å². The van der Waals surface area contributed by atoms with E-state index < -0.39 is 0 Å². The smallest absolute Gasteiger partial charge is 0.251 e. The number of fused-ring (bicyclic) bond motifs is 2. The number of ether oxygens (including phenoxy) is 3. The van der Waals surface area contributed by atoms with Gasteiger partial charge in [-0.1, -0.05) is 30.3 Å². The Morgan fingerprint density at radius 1 is 1.10 bits per heavy atom. The van der Waals surface area contributed by atoms with E-state index in [0.717, 1.165) is 21.9 Å². The Bertz CT molecular complexity index is 1250. The van der Waals surface area contributed by atoms with E-state index in [1.54, 1.807) is 18.1 Å². The highest BCUT2D eigenvalue weighted by atomic mass is 16.7. The Morgan fingerprint density at radius 3 is 2.71 bits per heavy atom. The zero-order chi connectivity index (χ0) is 21.2. The molecule has 1 amide bonds. The number of aromatic nitrogens is 3. The Balaban J connectivity index is 1.50. The maximum absolute atomic E-state index is 12.9. The van der Waals surface area contributed by atoms with Gasteiger partial charge in [0.2, 0.25) is 6.79 Å². The van der Waals surface area contributed by atoms with Crippen LogP contribution in [0, 0.1) is 0 Å². The number of amides is 1. The van der Waals surface area contributed by atoms with E-state index in [9.17, 15) is 4.79 Å². The molecule has 0 unspecified atom stereocenters. The van der Waals surface area contributed by atoms with Gasteiger partial charge in [0, 0.05) is 23.7 Å². The predicted molar refractivity (Wildman–Crippen MR) is 114 cm³/mol. The topological polar surface area (TPSA) is 87.5 Å². The Morgan fingerprint density at radius 2 is 1.90 bits per heavy atom. The molecule has 1 N–H and O–H groups in total. The number of nitrogens with one attached hydrogen (secondary N) is 1. The summed E-state index contributed by atoms with van der Waals surface area (Å²) in [4.78, 5) is 16.8. The quantitative estimate of drug-likeness (QED) is 0.519. The van der Waals surface area contributed by atoms with Crippen LogP contribution >= 0.6 is 0 Å². The van der Waals surface area contributed by atoms with Crippen LogP contribution in [-0.2, 0) is 6.54 Å². The van der Waals surface area contributed by atoms with Crippen molar-refractivity contribution in [2.45, 2.75) is 6.54 Å². The van der Waals surface area contributed by atoms with Crippen LogP contribution in [0.5, 0.6) is 17.2 Å². The number of methoxy groups -OCH3 is 1. The van der Waals surface area contributed by atoms with Crippen LogP contribution in [0.2, 0.25) is 0 Å². The summed E-state index contributed by atoms with van der Waals surface area (Å²) in [5, 5.41) is 8.81. The molecule has 0 saturated heterocycles. The predicted octanol–water partition coefficient (Wildman–Crippen LogP) is 3.27. The van der Waals surface area contributed by atoms with Crippen molar-refractivity contribution in [3.8, 4) is 28.4 Å². The molecule has 5 rings (SSSR count). The number of hydrogen-bond donors (Lipinski definition) is 1. The molecule has 156 valence electrons. The minimum atomic E-state index is -0.138. The van der Waals surface area contributed by atoms with Crippen LogP contribution in [0.1, 0.15) is 10.4 Å². The van der Waals surface area contributed by atoms with Crippen molar-refractivity contribution in [1.29, 1.82) is 0 Å². The SMILES string of the molecule is COc1cc2c(cc1-c1cccc3c(C(=O)NCCn4cncn4)cccc13)OCO2. The molecular weight excluding hydrogens is 396 g/mol. The average molecular weight is 416 g/mol. The number of rotatable bonds is 6. The molecule has 0 saturated carbocycles. The van der Waals surface area contributed by atoms with Gasteiger partial charge in [0.25, 0.3) is 5.91 Å². The zero-order valence-corrected chi connectivity index (χ0v) is 16.9. The van der Waals surface area contributed by atoms with Crippen LogP contribution in [0.4, 0.5) is 0 Å². The Kier molecular flexibility index (Phi) is 4.87. The molecule has 4 aromatic rings. The third-order valence-corrected chi connectivity index (χ3v) is 5.24. The molecule has 8 heteroatoms. The number of hydrogen-bond acceptors (Lipinski definition) is 6. The zero-order valence-electron chi connectivity index (χ0n) is 16.9. The lowest BCUT2D eigenvalue weighted by Crippen LogP contribution is -2.27. The summed E-state index contributed by atoms with van der Waals surface area (Å²) in [6.07, 6.45) is 3.09. The first-order chi connectivity index (χ1) is 15.2. The van der Waals surface area contributed by atoms with Gasteiger partial charge in [0.05, 0.1) is 13.7 Å². The highest BCUT2D eigenvalue weighted by molar-refractivity contribution is 6.10. The second kappa shape index (κ2) is 7.98. The highest BCUT2D eigenvalue weighted by Gasteiger charge is 2.20. The monoisotopic (exact) mass is 416 g/mol. The van der Waals surface area contributed by atoms with E-state index in [-0.39, 0.29) is 12.7 Å². The molecule has 0 bridgehead atoms. The lowest BCUT2D eigenvalue weighted by atomic mass is 9.94. The summed E-state index contributed by atoms with van der Waals surface area (Å²) in [5.74, 6) is 1.88. The second-order valence-electron chi connectivity index (χ2n) is 7.03. The average Bonchev–Trinajstić information content (AvgIpc) is 3.49. The van der Waals surface area contributed by atoms with Gasteiger partial charge in [-0.05, 0) is 28.5 Å². The molecular formula is C23H20N4O4. The molecule has 0 fully saturated rings. The second-order valence-corrected chi connectivity index (χ2v) is 7.03. The molecule has 1 aromatic heterocycles. The van der Waals surface area contributed by atoms with Gasteiger partial charge in [-0.15, -0.1) is 0 Å². The molecule has 31 heavy (non-hydrogen) atoms. The minimum Gasteiger partial charge on any atom is -0.496 e. The summed E-state index contributed by atoms with van der Waals surface area (Å²) < 4.78 is 18.3. The third-order valence-electron chi connectivity index (χ3n) is 5.24. The van der Waals surface area contributed by atoms with Crippen LogP contribution in [0.15, 0.2) is 61.2 Å². The lowest BCUT2D eigenvalue weighted by Gasteiger charge is -2.14. The van der Waals surface area contributed by atoms with Gasteiger partial charge in [0.15, 0.2) is 11.5 Å². The van der Waals surface area contributed by atoms with Gasteiger partial charge < -0.3 is 19.5 Å². The van der Waals surface area contributed by atoms with Crippen molar-refractivity contribution in [3.05, 3.63) is 66.7 Å². The molecule has 0 spiro atoms. The first-order valence-corrected chi connectivity index (χ1v) is 9.85. The fourth-order valence-corrected chi connectivity index (χ4v) is 3.77. The van der Waals surface area contributed by atoms with E-state index in [2.05, 4.69) is 15.4 Å². The largest absolute Gasteiger partial charge is 0.496 e. The van der Waals surface area contributed by atoms with Crippen molar-refractivity contribution < 1.29 is 19.0 Å². The first-order valence-electron chi connectivity index (χ1n) is 9.85. The number of carbonyl (C=O) groups is 1. The van der Waals surface area contributed by atoms with Crippen LogP contribution < -0.4 is 19.5 Å². The third kappa shape index (κ3) is 3.52. The number of nitrogens with zero attached hydrogens (tertiary/aromatic N) is 3. The molecule has 0 aliphatic carbocycles. The van der Waals surface area contributed by atoms with E-state index in [1.165, 1.54) is 6.33 Å². The van der Waals surface area contributed by atoms with Crippen molar-refractivity contribution in [1.82, 2.24) is 20.1 Å². The Labute approximate surface area is 178 Å². The van der Waals surface area contributed by atoms with E-state index >= 15 is 0 Å². The summed E-state index contributed by atoms with van der Waals surface area (Å²) in [5.41, 5.74) is 2.43. The standard InChI is InChI=1S/C23H20N4O4/c1-29-20-11-22-21(30-14-31-22)10-19(20)17-6-2-5-16-15(17)4-3-7-18(16)23(28)25-8-9-27-13-24-12-26-27/h2-7,10-13H,8-9,14H2,1H3,(H,25,28). The maximum Gasteiger partial charge on any atom is 0.251 e. The number of carbonyl (C=O) groups excluding carboxylic acids is 1. The fraction of sp³-hybridized carbons (Fsp3) is 0.174. The van der Waals surface area contributed by atoms with Crippen molar-refractivity contribution in [2.24, 2.45) is 0 Å². The maximum atomic E-state index is 12.9. The van der Waals surface area contributed by atoms with E-state index in [1.807, 2.05) is 48.5 Å². The van der Waals surface area contributed by atoms with Gasteiger partial charge >= 0.3 is 0 Å². The fourth-order valence-electron chi connectivity index (χ4n) is 3.77. The van der Waals surface area contributed by atoms with Crippen molar-refractivity contribution in [2.75, 3.05) is 20.4 Å². The molecule has 1 aliphatic rings. The molecule has 2 heterocycles. The van der Waals surface area contributed by atoms with Crippen LogP contribution in [-0.4, -0.2) is 41.1 Å². The molecule has 8 nitrogen and oxygen atoms in total. The van der Waals surface area contributed by atoms with Gasteiger partial charge in [-0.3, -0.25) is 9.48 Å². The van der Waals surface area contributed by atoms with Crippen molar-refractivity contribution in [3.63, 3.8) is 0 Å². The molecule has 0 radical (unpaired) electrons. The summed E-state index contributed by atoms with van der Waals surface area (Å²) >= 11 is 0. The first kappa shape index (κ1) is 18.9. The molecule has 1 aliphatic heterocycles. The normalized spacial score (nSPS) is 12.2. The van der Waals surface area contributed by atoms with Crippen molar-refractivity contribution >= 4 is 16.7 Å². The van der Waals surface area contributed by atoms with Gasteiger partial charge in [0.1, 0.15) is 18.4 Å². The van der Waals surface area contributed by atoms with E-state index in [4.69, 9.17) is 14.2 Å². The van der Waals surface area contributed by atoms with Gasteiger partial charge in [-0.2, -0.15) is 5.10 Å². The molecule has 3 aromatic carbocycles. The van der Waals surface area contributed by atoms with E-state index in [0.29, 0.717) is 35.9 Å². The lowest BCUT2D eigenvalue weighted by molar-refractivity contribution is 0.0953. The Hall–Kier alpha value is -4.07. The van der Waals surface area contributed by atoms with Crippen LogP contribution in [0.25, 0.3) is 21.9 Å².